The Hall–Kier alpha value is -2.28. The quantitative estimate of drug-likeness (QED) is 0.680. The van der Waals surface area contributed by atoms with Crippen LogP contribution in [-0.2, 0) is 24.1 Å². The molecule has 2 saturated heterocycles. The Labute approximate surface area is 208 Å². The predicted molar refractivity (Wildman–Crippen MR) is 134 cm³/mol. The van der Waals surface area contributed by atoms with Crippen molar-refractivity contribution in [3.63, 3.8) is 0 Å². The molecule has 2 fully saturated rings. The van der Waals surface area contributed by atoms with E-state index in [-0.39, 0.29) is 23.4 Å². The summed E-state index contributed by atoms with van der Waals surface area (Å²) in [4.78, 5) is 33.4. The van der Waals surface area contributed by atoms with Gasteiger partial charge < -0.3 is 19.5 Å². The maximum Gasteiger partial charge on any atom is 0.256 e. The van der Waals surface area contributed by atoms with Crippen molar-refractivity contribution in [2.45, 2.75) is 39.2 Å². The SMILES string of the molecule is Cc1[nH]c(=O)c(CN2CCc3c(Cl)cc(N4CC5(CCOCC5)C4)c(Cl)c3C2=O)c2c1C=CC2. The first-order valence-electron chi connectivity index (χ1n) is 11.9. The van der Waals surface area contributed by atoms with Crippen LogP contribution in [0.4, 0.5) is 5.69 Å². The minimum atomic E-state index is -0.156. The molecule has 178 valence electrons. The van der Waals surface area contributed by atoms with Crippen LogP contribution < -0.4 is 10.5 Å². The molecule has 8 heteroatoms. The number of rotatable bonds is 3. The fraction of sp³-hybridized carbons (Fsp3) is 0.462. The van der Waals surface area contributed by atoms with Gasteiger partial charge in [0.25, 0.3) is 11.5 Å². The Morgan fingerprint density at radius 1 is 1.15 bits per heavy atom. The van der Waals surface area contributed by atoms with Gasteiger partial charge in [-0.1, -0.05) is 35.4 Å². The molecule has 1 aliphatic carbocycles. The summed E-state index contributed by atoms with van der Waals surface area (Å²) in [6.07, 6.45) is 7.53. The monoisotopic (exact) mass is 499 g/mol. The van der Waals surface area contributed by atoms with Crippen LogP contribution in [0.1, 0.15) is 51.1 Å². The van der Waals surface area contributed by atoms with Crippen LogP contribution in [-0.4, -0.2) is 48.6 Å². The van der Waals surface area contributed by atoms with Crippen molar-refractivity contribution >= 4 is 40.9 Å². The van der Waals surface area contributed by atoms with E-state index in [1.165, 1.54) is 0 Å². The van der Waals surface area contributed by atoms with Crippen LogP contribution in [0.2, 0.25) is 10.0 Å². The normalized spacial score (nSPS) is 20.5. The molecule has 0 bridgehead atoms. The summed E-state index contributed by atoms with van der Waals surface area (Å²) < 4.78 is 5.53. The fourth-order valence-electron chi connectivity index (χ4n) is 6.01. The van der Waals surface area contributed by atoms with Crippen molar-refractivity contribution in [3.05, 3.63) is 66.1 Å². The summed E-state index contributed by atoms with van der Waals surface area (Å²) in [6.45, 7) is 6.09. The van der Waals surface area contributed by atoms with Gasteiger partial charge in [0.1, 0.15) is 0 Å². The number of nitrogens with one attached hydrogen (secondary N) is 1. The molecule has 0 unspecified atom stereocenters. The number of allylic oxidation sites excluding steroid dienone is 1. The third-order valence-corrected chi connectivity index (χ3v) is 8.72. The first-order chi connectivity index (χ1) is 16.4. The summed E-state index contributed by atoms with van der Waals surface area (Å²) in [5, 5.41) is 1.06. The zero-order chi connectivity index (χ0) is 23.6. The van der Waals surface area contributed by atoms with Crippen molar-refractivity contribution in [1.29, 1.82) is 0 Å². The van der Waals surface area contributed by atoms with Crippen LogP contribution in [0.5, 0.6) is 0 Å². The lowest BCUT2D eigenvalue weighted by atomic mass is 9.73. The first-order valence-corrected chi connectivity index (χ1v) is 12.7. The lowest BCUT2D eigenvalue weighted by Gasteiger charge is -2.53. The van der Waals surface area contributed by atoms with Crippen molar-refractivity contribution < 1.29 is 9.53 Å². The Kier molecular flexibility index (Phi) is 5.32. The Balaban J connectivity index is 1.30. The standard InChI is InChI=1S/C26H27Cl2N3O3/c1-15-16-3-2-4-17(16)19(24(32)29-15)12-30-8-5-18-20(27)11-21(23(28)22(18)25(30)33)31-13-26(14-31)6-9-34-10-7-26/h2-3,11H,4-10,12-14H2,1H3,(H,29,32). The van der Waals surface area contributed by atoms with E-state index in [0.717, 1.165) is 67.2 Å². The summed E-state index contributed by atoms with van der Waals surface area (Å²) >= 11 is 13.6. The van der Waals surface area contributed by atoms with E-state index in [2.05, 4.69) is 16.0 Å². The molecule has 0 saturated carbocycles. The predicted octanol–water partition coefficient (Wildman–Crippen LogP) is 4.37. The average Bonchev–Trinajstić information content (AvgIpc) is 3.29. The number of aryl methyl sites for hydroxylation is 1. The summed E-state index contributed by atoms with van der Waals surface area (Å²) in [5.74, 6) is -0.156. The molecular formula is C26H27Cl2N3O3. The van der Waals surface area contributed by atoms with Crippen molar-refractivity contribution in [3.8, 4) is 0 Å². The summed E-state index contributed by atoms with van der Waals surface area (Å²) in [6, 6.07) is 1.92. The second kappa shape index (κ2) is 8.14. The number of H-pyrrole nitrogens is 1. The Bertz CT molecular complexity index is 1290. The van der Waals surface area contributed by atoms with Gasteiger partial charge in [-0.3, -0.25) is 9.59 Å². The van der Waals surface area contributed by atoms with Gasteiger partial charge >= 0.3 is 0 Å². The molecule has 6 rings (SSSR count). The number of benzene rings is 1. The zero-order valence-corrected chi connectivity index (χ0v) is 20.7. The summed E-state index contributed by atoms with van der Waals surface area (Å²) in [5.41, 5.74) is 5.87. The highest BCUT2D eigenvalue weighted by molar-refractivity contribution is 6.39. The minimum Gasteiger partial charge on any atom is -0.381 e. The zero-order valence-electron chi connectivity index (χ0n) is 19.2. The maximum atomic E-state index is 13.7. The molecule has 34 heavy (non-hydrogen) atoms. The number of hydrogen-bond acceptors (Lipinski definition) is 4. The number of aromatic amines is 1. The van der Waals surface area contributed by atoms with Crippen LogP contribution in [0.15, 0.2) is 16.9 Å². The van der Waals surface area contributed by atoms with Gasteiger partial charge in [0.2, 0.25) is 0 Å². The van der Waals surface area contributed by atoms with E-state index in [4.69, 9.17) is 27.9 Å². The molecule has 1 aromatic carbocycles. The van der Waals surface area contributed by atoms with Gasteiger partial charge in [-0.25, -0.2) is 0 Å². The topological polar surface area (TPSA) is 65.6 Å². The van der Waals surface area contributed by atoms with E-state index >= 15 is 0 Å². The number of anilines is 1. The number of carbonyl (C=O) groups excluding carboxylic acids is 1. The smallest absolute Gasteiger partial charge is 0.256 e. The van der Waals surface area contributed by atoms with Gasteiger partial charge in [-0.05, 0) is 55.4 Å². The molecule has 0 radical (unpaired) electrons. The van der Waals surface area contributed by atoms with Crippen molar-refractivity contribution in [2.24, 2.45) is 5.41 Å². The van der Waals surface area contributed by atoms with Gasteiger partial charge in [0, 0.05) is 54.5 Å². The van der Waals surface area contributed by atoms with Gasteiger partial charge in [-0.15, -0.1) is 0 Å². The number of aromatic nitrogens is 1. The molecule has 4 aliphatic rings. The molecule has 6 nitrogen and oxygen atoms in total. The van der Waals surface area contributed by atoms with Crippen molar-refractivity contribution in [2.75, 3.05) is 37.7 Å². The third kappa shape index (κ3) is 3.42. The number of halogens is 2. The maximum absolute atomic E-state index is 13.7. The molecule has 1 N–H and O–H groups in total. The number of pyridine rings is 1. The van der Waals surface area contributed by atoms with E-state index in [9.17, 15) is 9.59 Å². The Morgan fingerprint density at radius 3 is 2.68 bits per heavy atom. The van der Waals surface area contributed by atoms with Crippen LogP contribution in [0, 0.1) is 12.3 Å². The largest absolute Gasteiger partial charge is 0.381 e. The highest BCUT2D eigenvalue weighted by atomic mass is 35.5. The number of amides is 1. The van der Waals surface area contributed by atoms with Gasteiger partial charge in [0.05, 0.1) is 22.8 Å². The first kappa shape index (κ1) is 22.2. The highest BCUT2D eigenvalue weighted by Crippen LogP contribution is 2.47. The summed E-state index contributed by atoms with van der Waals surface area (Å²) in [7, 11) is 0. The molecule has 1 amide bonds. The lowest BCUT2D eigenvalue weighted by molar-refractivity contribution is -0.000186. The number of ether oxygens (including phenoxy) is 1. The van der Waals surface area contributed by atoms with E-state index in [0.29, 0.717) is 40.6 Å². The number of hydrogen-bond donors (Lipinski definition) is 1. The molecule has 4 heterocycles. The number of fused-ring (bicyclic) bond motifs is 2. The number of carbonyl (C=O) groups is 1. The van der Waals surface area contributed by atoms with Crippen LogP contribution in [0.25, 0.3) is 6.08 Å². The average molecular weight is 500 g/mol. The van der Waals surface area contributed by atoms with E-state index in [1.54, 1.807) is 4.90 Å². The second-order valence-corrected chi connectivity index (χ2v) is 10.8. The Morgan fingerprint density at radius 2 is 1.91 bits per heavy atom. The van der Waals surface area contributed by atoms with Gasteiger partial charge in [-0.2, -0.15) is 0 Å². The van der Waals surface area contributed by atoms with Gasteiger partial charge in [0.15, 0.2) is 0 Å². The molecule has 1 spiro atoms. The minimum absolute atomic E-state index is 0.126. The second-order valence-electron chi connectivity index (χ2n) is 10.0. The highest BCUT2D eigenvalue weighted by Gasteiger charge is 2.45. The molecule has 1 aromatic heterocycles. The molecule has 0 atom stereocenters. The lowest BCUT2D eigenvalue weighted by Crippen LogP contribution is -2.58. The molecule has 2 aromatic rings. The van der Waals surface area contributed by atoms with Crippen LogP contribution >= 0.6 is 23.2 Å². The molecular weight excluding hydrogens is 473 g/mol. The third-order valence-electron chi connectivity index (χ3n) is 8.00. The fourth-order valence-corrected chi connectivity index (χ4v) is 6.67. The van der Waals surface area contributed by atoms with Crippen LogP contribution in [0.3, 0.4) is 0 Å². The van der Waals surface area contributed by atoms with E-state index < -0.39 is 0 Å². The van der Waals surface area contributed by atoms with Crippen molar-refractivity contribution in [1.82, 2.24) is 9.88 Å². The molecule has 3 aliphatic heterocycles. The van der Waals surface area contributed by atoms with E-state index in [1.807, 2.05) is 19.1 Å². The number of nitrogens with zero attached hydrogens (tertiary/aromatic N) is 2.